The summed E-state index contributed by atoms with van der Waals surface area (Å²) in [7, 11) is 0. The first-order valence-electron chi connectivity index (χ1n) is 5.72. The average Bonchev–Trinajstić information content (AvgIpc) is 2.36. The molecule has 0 atom stereocenters. The number of hydrogen-bond acceptors (Lipinski definition) is 3. The van der Waals surface area contributed by atoms with Gasteiger partial charge < -0.3 is 14.6 Å². The Kier molecular flexibility index (Phi) is 9.31. The minimum absolute atomic E-state index is 0.176. The van der Waals surface area contributed by atoms with Gasteiger partial charge in [-0.1, -0.05) is 24.8 Å². The van der Waals surface area contributed by atoms with Gasteiger partial charge in [-0.2, -0.15) is 0 Å². The Morgan fingerprint density at radius 3 is 2.28 bits per heavy atom. The first kappa shape index (κ1) is 16.2. The standard InChI is InChI=1S/C10H14O2.C4H6O2/c1-2-11-8-9-12-10-6-4-3-5-7-10;1-3(2)4(5)6/h3-7H,2,8-9H2,1H3;1H2,2H3,(H,5,6). The number of benzene rings is 1. The van der Waals surface area contributed by atoms with Crippen LogP contribution < -0.4 is 4.74 Å². The maximum Gasteiger partial charge on any atom is 0.330 e. The summed E-state index contributed by atoms with van der Waals surface area (Å²) < 4.78 is 10.5. The van der Waals surface area contributed by atoms with Crippen molar-refractivity contribution in [3.63, 3.8) is 0 Å². The van der Waals surface area contributed by atoms with Gasteiger partial charge in [0.15, 0.2) is 0 Å². The van der Waals surface area contributed by atoms with Crippen LogP contribution in [0.1, 0.15) is 13.8 Å². The molecule has 0 radical (unpaired) electrons. The lowest BCUT2D eigenvalue weighted by Gasteiger charge is -2.04. The molecule has 0 fully saturated rings. The van der Waals surface area contributed by atoms with Gasteiger partial charge in [0, 0.05) is 12.2 Å². The number of ether oxygens (including phenoxy) is 2. The van der Waals surface area contributed by atoms with E-state index in [0.717, 1.165) is 12.4 Å². The number of carboxylic acids is 1. The molecule has 0 aliphatic carbocycles. The van der Waals surface area contributed by atoms with E-state index in [4.69, 9.17) is 14.6 Å². The molecule has 0 saturated carbocycles. The van der Waals surface area contributed by atoms with Crippen molar-refractivity contribution >= 4 is 5.97 Å². The number of para-hydroxylation sites is 1. The van der Waals surface area contributed by atoms with Gasteiger partial charge in [-0.15, -0.1) is 0 Å². The fourth-order valence-corrected chi connectivity index (χ4v) is 0.880. The molecule has 0 unspecified atom stereocenters. The maximum atomic E-state index is 9.60. The topological polar surface area (TPSA) is 55.8 Å². The summed E-state index contributed by atoms with van der Waals surface area (Å²) in [6.45, 7) is 8.61. The highest BCUT2D eigenvalue weighted by Gasteiger charge is 1.90. The lowest BCUT2D eigenvalue weighted by atomic mass is 10.3. The van der Waals surface area contributed by atoms with Crippen molar-refractivity contribution < 1.29 is 19.4 Å². The molecule has 0 amide bonds. The van der Waals surface area contributed by atoms with E-state index in [1.54, 1.807) is 0 Å². The predicted molar refractivity (Wildman–Crippen MR) is 70.9 cm³/mol. The minimum Gasteiger partial charge on any atom is -0.491 e. The molecule has 0 spiro atoms. The fraction of sp³-hybridized carbons (Fsp3) is 0.357. The molecule has 4 nitrogen and oxygen atoms in total. The van der Waals surface area contributed by atoms with Crippen molar-refractivity contribution in [3.8, 4) is 5.75 Å². The third-order valence-electron chi connectivity index (χ3n) is 1.81. The van der Waals surface area contributed by atoms with Crippen LogP contribution >= 0.6 is 0 Å². The van der Waals surface area contributed by atoms with Crippen LogP contribution in [-0.4, -0.2) is 30.9 Å². The van der Waals surface area contributed by atoms with Gasteiger partial charge >= 0.3 is 5.97 Å². The highest BCUT2D eigenvalue weighted by Crippen LogP contribution is 2.07. The van der Waals surface area contributed by atoms with Crippen LogP contribution in [0.15, 0.2) is 42.5 Å². The number of carboxylic acid groups (broad SMARTS) is 1. The molecule has 0 heterocycles. The van der Waals surface area contributed by atoms with E-state index in [9.17, 15) is 4.79 Å². The Morgan fingerprint density at radius 1 is 1.28 bits per heavy atom. The normalized spacial score (nSPS) is 9.00. The first-order valence-corrected chi connectivity index (χ1v) is 5.72. The summed E-state index contributed by atoms with van der Waals surface area (Å²) in [5.41, 5.74) is 0.176. The van der Waals surface area contributed by atoms with Gasteiger partial charge in [0.05, 0.1) is 6.61 Å². The Bertz CT molecular complexity index is 334. The molecule has 4 heteroatoms. The van der Waals surface area contributed by atoms with Crippen LogP contribution in [-0.2, 0) is 9.53 Å². The largest absolute Gasteiger partial charge is 0.491 e. The van der Waals surface area contributed by atoms with E-state index in [1.165, 1.54) is 6.92 Å². The minimum atomic E-state index is -0.935. The average molecular weight is 252 g/mol. The molecule has 100 valence electrons. The van der Waals surface area contributed by atoms with Crippen molar-refractivity contribution in [1.82, 2.24) is 0 Å². The zero-order valence-corrected chi connectivity index (χ0v) is 10.9. The van der Waals surface area contributed by atoms with Gasteiger partial charge in [0.25, 0.3) is 0 Å². The van der Waals surface area contributed by atoms with E-state index < -0.39 is 5.97 Å². The smallest absolute Gasteiger partial charge is 0.330 e. The van der Waals surface area contributed by atoms with Crippen LogP contribution in [0.3, 0.4) is 0 Å². The Morgan fingerprint density at radius 2 is 1.83 bits per heavy atom. The van der Waals surface area contributed by atoms with E-state index in [1.807, 2.05) is 37.3 Å². The third-order valence-corrected chi connectivity index (χ3v) is 1.81. The molecule has 0 aliphatic heterocycles. The predicted octanol–water partition coefficient (Wildman–Crippen LogP) is 2.75. The highest BCUT2D eigenvalue weighted by molar-refractivity contribution is 5.84. The summed E-state index contributed by atoms with van der Waals surface area (Å²) in [5, 5.41) is 7.89. The second-order valence-corrected chi connectivity index (χ2v) is 3.44. The van der Waals surface area contributed by atoms with Crippen molar-refractivity contribution in [2.24, 2.45) is 0 Å². The molecule has 0 aromatic heterocycles. The lowest BCUT2D eigenvalue weighted by molar-refractivity contribution is -0.132. The Labute approximate surface area is 108 Å². The number of rotatable bonds is 6. The molecule has 1 rings (SSSR count). The van der Waals surface area contributed by atoms with E-state index in [2.05, 4.69) is 6.58 Å². The summed E-state index contributed by atoms with van der Waals surface area (Å²) >= 11 is 0. The molecule has 1 aromatic rings. The quantitative estimate of drug-likeness (QED) is 0.624. The first-order chi connectivity index (χ1) is 8.57. The summed E-state index contributed by atoms with van der Waals surface area (Å²) in [4.78, 5) is 9.60. The third kappa shape index (κ3) is 9.42. The van der Waals surface area contributed by atoms with Crippen molar-refractivity contribution in [2.75, 3.05) is 19.8 Å². The molecule has 1 N–H and O–H groups in total. The monoisotopic (exact) mass is 252 g/mol. The van der Waals surface area contributed by atoms with Gasteiger partial charge in [-0.05, 0) is 26.0 Å². The van der Waals surface area contributed by atoms with Crippen LogP contribution in [0.25, 0.3) is 0 Å². The van der Waals surface area contributed by atoms with Crippen LogP contribution in [0.5, 0.6) is 5.75 Å². The fourth-order valence-electron chi connectivity index (χ4n) is 0.880. The molecular formula is C14H20O4. The molecule has 0 saturated heterocycles. The second kappa shape index (κ2) is 10.4. The summed E-state index contributed by atoms with van der Waals surface area (Å²) in [6.07, 6.45) is 0. The second-order valence-electron chi connectivity index (χ2n) is 3.44. The number of hydrogen-bond donors (Lipinski definition) is 1. The number of aliphatic carboxylic acids is 1. The lowest BCUT2D eigenvalue weighted by Crippen LogP contribution is -2.05. The van der Waals surface area contributed by atoms with Gasteiger partial charge in [-0.3, -0.25) is 0 Å². The molecule has 0 bridgehead atoms. The maximum absolute atomic E-state index is 9.60. The van der Waals surface area contributed by atoms with Gasteiger partial charge in [0.2, 0.25) is 0 Å². The van der Waals surface area contributed by atoms with Crippen LogP contribution in [0.4, 0.5) is 0 Å². The highest BCUT2D eigenvalue weighted by atomic mass is 16.5. The van der Waals surface area contributed by atoms with E-state index >= 15 is 0 Å². The summed E-state index contributed by atoms with van der Waals surface area (Å²) in [5.74, 6) is -0.0350. The summed E-state index contributed by atoms with van der Waals surface area (Å²) in [6, 6.07) is 9.75. The molecular weight excluding hydrogens is 232 g/mol. The van der Waals surface area contributed by atoms with Gasteiger partial charge in [-0.25, -0.2) is 4.79 Å². The molecule has 1 aromatic carbocycles. The van der Waals surface area contributed by atoms with Crippen LogP contribution in [0, 0.1) is 0 Å². The zero-order valence-electron chi connectivity index (χ0n) is 10.9. The van der Waals surface area contributed by atoms with Crippen molar-refractivity contribution in [1.29, 1.82) is 0 Å². The molecule has 18 heavy (non-hydrogen) atoms. The van der Waals surface area contributed by atoms with Crippen molar-refractivity contribution in [2.45, 2.75) is 13.8 Å². The zero-order chi connectivity index (χ0) is 13.8. The van der Waals surface area contributed by atoms with E-state index in [-0.39, 0.29) is 5.57 Å². The van der Waals surface area contributed by atoms with E-state index in [0.29, 0.717) is 13.2 Å². The number of carbonyl (C=O) groups is 1. The Balaban J connectivity index is 0.000000411. The van der Waals surface area contributed by atoms with Gasteiger partial charge in [0.1, 0.15) is 12.4 Å². The molecule has 0 aliphatic rings. The Hall–Kier alpha value is -1.81. The van der Waals surface area contributed by atoms with Crippen LogP contribution in [0.2, 0.25) is 0 Å². The van der Waals surface area contributed by atoms with Crippen molar-refractivity contribution in [3.05, 3.63) is 42.5 Å². The SMILES string of the molecule is C=C(C)C(=O)O.CCOCCOc1ccccc1.